The standard InChI is InChI=1S/C13H11ClFNO3/c1-3-18-13(17)10-7(2)19-16-12(10)8-5-4-6-9(15)11(8)14/h4-6H,3H2,1-2H3. The number of hydrogen-bond acceptors (Lipinski definition) is 4. The van der Waals surface area contributed by atoms with Crippen molar-refractivity contribution in [1.29, 1.82) is 0 Å². The van der Waals surface area contributed by atoms with Gasteiger partial charge < -0.3 is 9.26 Å². The Morgan fingerprint density at radius 1 is 1.53 bits per heavy atom. The second-order valence-electron chi connectivity index (χ2n) is 3.78. The molecule has 0 aliphatic heterocycles. The summed E-state index contributed by atoms with van der Waals surface area (Å²) in [5, 5.41) is 3.65. The molecule has 2 aromatic rings. The highest BCUT2D eigenvalue weighted by molar-refractivity contribution is 6.33. The summed E-state index contributed by atoms with van der Waals surface area (Å²) in [6.07, 6.45) is 0. The van der Waals surface area contributed by atoms with Gasteiger partial charge in [-0.3, -0.25) is 0 Å². The fourth-order valence-electron chi connectivity index (χ4n) is 1.69. The van der Waals surface area contributed by atoms with Crippen LogP contribution in [-0.2, 0) is 4.74 Å². The Hall–Kier alpha value is -1.88. The van der Waals surface area contributed by atoms with Gasteiger partial charge in [-0.05, 0) is 19.9 Å². The van der Waals surface area contributed by atoms with Crippen LogP contribution in [0.15, 0.2) is 22.7 Å². The lowest BCUT2D eigenvalue weighted by Crippen LogP contribution is -2.06. The average Bonchev–Trinajstić information content (AvgIpc) is 2.75. The van der Waals surface area contributed by atoms with Crippen molar-refractivity contribution in [2.45, 2.75) is 13.8 Å². The molecule has 2 rings (SSSR count). The Morgan fingerprint density at radius 2 is 2.26 bits per heavy atom. The van der Waals surface area contributed by atoms with E-state index in [-0.39, 0.29) is 22.9 Å². The van der Waals surface area contributed by atoms with Crippen molar-refractivity contribution in [1.82, 2.24) is 5.16 Å². The highest BCUT2D eigenvalue weighted by Gasteiger charge is 2.24. The minimum atomic E-state index is -0.588. The fourth-order valence-corrected chi connectivity index (χ4v) is 1.90. The highest BCUT2D eigenvalue weighted by Crippen LogP contribution is 2.32. The summed E-state index contributed by atoms with van der Waals surface area (Å²) in [6, 6.07) is 4.27. The smallest absolute Gasteiger partial charge is 0.344 e. The van der Waals surface area contributed by atoms with Crippen molar-refractivity contribution in [3.8, 4) is 11.3 Å². The van der Waals surface area contributed by atoms with Crippen molar-refractivity contribution < 1.29 is 18.4 Å². The van der Waals surface area contributed by atoms with Crippen LogP contribution in [0.3, 0.4) is 0 Å². The summed E-state index contributed by atoms with van der Waals surface area (Å²) in [7, 11) is 0. The van der Waals surface area contributed by atoms with Gasteiger partial charge in [0, 0.05) is 5.56 Å². The molecule has 0 saturated heterocycles. The van der Waals surface area contributed by atoms with Gasteiger partial charge in [0.25, 0.3) is 0 Å². The summed E-state index contributed by atoms with van der Waals surface area (Å²) in [4.78, 5) is 11.9. The zero-order chi connectivity index (χ0) is 14.0. The third-order valence-electron chi connectivity index (χ3n) is 2.55. The van der Waals surface area contributed by atoms with Crippen LogP contribution in [0.2, 0.25) is 5.02 Å². The normalized spacial score (nSPS) is 10.5. The number of ether oxygens (including phenoxy) is 1. The van der Waals surface area contributed by atoms with Crippen LogP contribution in [-0.4, -0.2) is 17.7 Å². The summed E-state index contributed by atoms with van der Waals surface area (Å²) in [5.41, 5.74) is 0.636. The van der Waals surface area contributed by atoms with E-state index in [9.17, 15) is 9.18 Å². The number of esters is 1. The maximum absolute atomic E-state index is 13.4. The van der Waals surface area contributed by atoms with Gasteiger partial charge in [-0.2, -0.15) is 0 Å². The first-order valence-corrected chi connectivity index (χ1v) is 6.01. The van der Waals surface area contributed by atoms with E-state index in [0.717, 1.165) is 0 Å². The molecule has 0 aliphatic rings. The second kappa shape index (κ2) is 5.40. The van der Waals surface area contributed by atoms with E-state index in [1.54, 1.807) is 19.9 Å². The number of aryl methyl sites for hydroxylation is 1. The van der Waals surface area contributed by atoms with Crippen molar-refractivity contribution in [2.75, 3.05) is 6.61 Å². The second-order valence-corrected chi connectivity index (χ2v) is 4.16. The molecule has 0 radical (unpaired) electrons. The van der Waals surface area contributed by atoms with Gasteiger partial charge in [0.2, 0.25) is 0 Å². The number of carbonyl (C=O) groups excluding carboxylic acids is 1. The monoisotopic (exact) mass is 283 g/mol. The number of nitrogens with zero attached hydrogens (tertiary/aromatic N) is 1. The molecule has 0 atom stereocenters. The van der Waals surface area contributed by atoms with Crippen molar-refractivity contribution in [3.63, 3.8) is 0 Å². The maximum atomic E-state index is 13.4. The summed E-state index contributed by atoms with van der Waals surface area (Å²) in [6.45, 7) is 3.49. The zero-order valence-electron chi connectivity index (χ0n) is 10.4. The molecule has 0 spiro atoms. The van der Waals surface area contributed by atoms with Crippen LogP contribution in [0.1, 0.15) is 23.0 Å². The van der Waals surface area contributed by atoms with E-state index >= 15 is 0 Å². The Labute approximate surface area is 114 Å². The van der Waals surface area contributed by atoms with Gasteiger partial charge in [0.15, 0.2) is 0 Å². The number of hydrogen-bond donors (Lipinski definition) is 0. The van der Waals surface area contributed by atoms with Crippen LogP contribution < -0.4 is 0 Å². The molecule has 1 heterocycles. The number of benzene rings is 1. The average molecular weight is 284 g/mol. The van der Waals surface area contributed by atoms with Crippen molar-refractivity contribution in [3.05, 3.63) is 40.4 Å². The van der Waals surface area contributed by atoms with E-state index < -0.39 is 11.8 Å². The van der Waals surface area contributed by atoms with Gasteiger partial charge >= 0.3 is 5.97 Å². The van der Waals surface area contributed by atoms with E-state index in [1.165, 1.54) is 12.1 Å². The predicted molar refractivity (Wildman–Crippen MR) is 67.6 cm³/mol. The SMILES string of the molecule is CCOC(=O)c1c(-c2cccc(F)c2Cl)noc1C. The molecule has 0 N–H and O–H groups in total. The first kappa shape index (κ1) is 13.5. The molecule has 0 unspecified atom stereocenters. The molecule has 0 fully saturated rings. The van der Waals surface area contributed by atoms with E-state index in [0.29, 0.717) is 11.3 Å². The van der Waals surface area contributed by atoms with Gasteiger partial charge in [0.05, 0.1) is 11.6 Å². The van der Waals surface area contributed by atoms with Gasteiger partial charge in [-0.25, -0.2) is 9.18 Å². The lowest BCUT2D eigenvalue weighted by Gasteiger charge is -2.04. The molecule has 6 heteroatoms. The van der Waals surface area contributed by atoms with E-state index in [4.69, 9.17) is 20.9 Å². The molecule has 1 aromatic heterocycles. The lowest BCUT2D eigenvalue weighted by molar-refractivity contribution is 0.0525. The van der Waals surface area contributed by atoms with Crippen molar-refractivity contribution in [2.24, 2.45) is 0 Å². The zero-order valence-corrected chi connectivity index (χ0v) is 11.1. The van der Waals surface area contributed by atoms with Crippen LogP contribution in [0, 0.1) is 12.7 Å². The van der Waals surface area contributed by atoms with Crippen LogP contribution >= 0.6 is 11.6 Å². The first-order chi connectivity index (χ1) is 9.06. The molecule has 4 nitrogen and oxygen atoms in total. The van der Waals surface area contributed by atoms with Gasteiger partial charge in [-0.1, -0.05) is 28.9 Å². The molecule has 1 aromatic carbocycles. The van der Waals surface area contributed by atoms with Gasteiger partial charge in [-0.15, -0.1) is 0 Å². The number of carbonyl (C=O) groups is 1. The quantitative estimate of drug-likeness (QED) is 0.807. The fraction of sp³-hybridized carbons (Fsp3) is 0.231. The molecule has 0 aliphatic carbocycles. The largest absolute Gasteiger partial charge is 0.462 e. The minimum Gasteiger partial charge on any atom is -0.462 e. The third-order valence-corrected chi connectivity index (χ3v) is 2.93. The lowest BCUT2D eigenvalue weighted by atomic mass is 10.1. The van der Waals surface area contributed by atoms with Crippen LogP contribution in [0.5, 0.6) is 0 Å². The number of halogens is 2. The van der Waals surface area contributed by atoms with E-state index in [1.807, 2.05) is 0 Å². The Bertz CT molecular complexity index is 624. The Kier molecular flexibility index (Phi) is 3.85. The first-order valence-electron chi connectivity index (χ1n) is 5.64. The topological polar surface area (TPSA) is 52.3 Å². The Balaban J connectivity index is 2.57. The molecular formula is C13H11ClFNO3. The molecule has 100 valence electrons. The maximum Gasteiger partial charge on any atom is 0.344 e. The summed E-state index contributed by atoms with van der Waals surface area (Å²) in [5.74, 6) is -0.861. The number of rotatable bonds is 3. The van der Waals surface area contributed by atoms with Crippen LogP contribution in [0.4, 0.5) is 4.39 Å². The van der Waals surface area contributed by atoms with Crippen molar-refractivity contribution >= 4 is 17.6 Å². The minimum absolute atomic E-state index is 0.110. The highest BCUT2D eigenvalue weighted by atomic mass is 35.5. The summed E-state index contributed by atoms with van der Waals surface area (Å²) >= 11 is 5.88. The van der Waals surface area contributed by atoms with E-state index in [2.05, 4.69) is 5.16 Å². The Morgan fingerprint density at radius 3 is 2.95 bits per heavy atom. The molecule has 0 amide bonds. The molecular weight excluding hydrogens is 273 g/mol. The van der Waals surface area contributed by atoms with Crippen LogP contribution in [0.25, 0.3) is 11.3 Å². The summed E-state index contributed by atoms with van der Waals surface area (Å²) < 4.78 is 23.4. The molecule has 0 saturated carbocycles. The van der Waals surface area contributed by atoms with Gasteiger partial charge in [0.1, 0.15) is 22.8 Å². The molecule has 0 bridgehead atoms. The molecule has 19 heavy (non-hydrogen) atoms. The third kappa shape index (κ3) is 2.46. The predicted octanol–water partition coefficient (Wildman–Crippen LogP) is 3.62. The number of aromatic nitrogens is 1.